The van der Waals surface area contributed by atoms with E-state index in [9.17, 15) is 38.2 Å². The van der Waals surface area contributed by atoms with Crippen molar-refractivity contribution in [3.8, 4) is 0 Å². The number of aliphatic hydroxyl groups excluding tert-OH is 2. The molecular formula is C60H76F2N8O11+2. The van der Waals surface area contributed by atoms with E-state index in [0.29, 0.717) is 119 Å². The van der Waals surface area contributed by atoms with Gasteiger partial charge in [-0.25, -0.2) is 23.5 Å². The van der Waals surface area contributed by atoms with Crippen LogP contribution in [0.25, 0.3) is 21.9 Å². The van der Waals surface area contributed by atoms with Crippen LogP contribution in [0.2, 0.25) is 0 Å². The molecule has 0 radical (unpaired) electrons. The Kier molecular flexibility index (Phi) is 19.1. The number of fused-ring (bicyclic) bond motifs is 4. The quantitative estimate of drug-likeness (QED) is 0.0465. The molecule has 434 valence electrons. The van der Waals surface area contributed by atoms with Crippen LogP contribution in [0.15, 0.2) is 79.3 Å². The molecule has 4 aromatic heterocycles. The van der Waals surface area contributed by atoms with Gasteiger partial charge in [0.25, 0.3) is 11.1 Å². The van der Waals surface area contributed by atoms with Gasteiger partial charge in [0.1, 0.15) is 42.1 Å². The van der Waals surface area contributed by atoms with Crippen molar-refractivity contribution in [3.63, 3.8) is 0 Å². The molecule has 2 aromatic carbocycles. The lowest BCUT2D eigenvalue weighted by molar-refractivity contribution is -0.948. The Hall–Kier alpha value is -6.94. The highest BCUT2D eigenvalue weighted by atomic mass is 19.1. The number of aromatic nitrogens is 6. The monoisotopic (exact) mass is 1120 g/mol. The van der Waals surface area contributed by atoms with Gasteiger partial charge in [0.15, 0.2) is 11.2 Å². The Morgan fingerprint density at radius 2 is 1.11 bits per heavy atom. The van der Waals surface area contributed by atoms with Gasteiger partial charge in [-0.2, -0.15) is 0 Å². The Balaban J connectivity index is 0.000000196. The summed E-state index contributed by atoms with van der Waals surface area (Å²) in [4.78, 5) is 60.8. The number of hydrogen-bond donors (Lipinski definition) is 2. The van der Waals surface area contributed by atoms with Gasteiger partial charge in [-0.15, -0.1) is 0 Å². The summed E-state index contributed by atoms with van der Waals surface area (Å²) < 4.78 is 58.9. The highest BCUT2D eigenvalue weighted by Gasteiger charge is 2.40. The summed E-state index contributed by atoms with van der Waals surface area (Å²) in [7, 11) is 0. The third-order valence-corrected chi connectivity index (χ3v) is 16.8. The predicted octanol–water partition coefficient (Wildman–Crippen LogP) is 9.13. The molecule has 81 heavy (non-hydrogen) atoms. The fourth-order valence-corrected chi connectivity index (χ4v) is 12.1. The van der Waals surface area contributed by atoms with Gasteiger partial charge in [-0.3, -0.25) is 32.5 Å². The average Bonchev–Trinajstić information content (AvgIpc) is 4.31. The van der Waals surface area contributed by atoms with E-state index in [4.69, 9.17) is 23.3 Å². The molecule has 2 fully saturated rings. The smallest absolute Gasteiger partial charge is 0.430 e. The first-order chi connectivity index (χ1) is 39.1. The summed E-state index contributed by atoms with van der Waals surface area (Å²) in [6.45, 7) is 13.3. The van der Waals surface area contributed by atoms with Gasteiger partial charge in [0.2, 0.25) is 13.5 Å². The molecule has 4 aliphatic rings. The van der Waals surface area contributed by atoms with Crippen LogP contribution in [0.1, 0.15) is 154 Å². The number of rotatable bonds is 18. The molecule has 0 spiro atoms. The number of aliphatic hydroxyl groups is 2. The van der Waals surface area contributed by atoms with Gasteiger partial charge in [-0.1, -0.05) is 48.5 Å². The van der Waals surface area contributed by atoms with Crippen molar-refractivity contribution in [1.82, 2.24) is 29.4 Å². The Morgan fingerprint density at radius 1 is 0.654 bits per heavy atom. The van der Waals surface area contributed by atoms with Crippen molar-refractivity contribution in [3.05, 3.63) is 139 Å². The van der Waals surface area contributed by atoms with Crippen LogP contribution in [0.4, 0.5) is 13.6 Å². The van der Waals surface area contributed by atoms with E-state index in [-0.39, 0.29) is 67.0 Å². The second kappa shape index (κ2) is 26.3. The number of esters is 1. The zero-order valence-corrected chi connectivity index (χ0v) is 47.0. The second-order valence-electron chi connectivity index (χ2n) is 22.2. The maximum Gasteiger partial charge on any atom is 0.512 e. The molecule has 0 aliphatic carbocycles. The van der Waals surface area contributed by atoms with E-state index in [1.54, 1.807) is 27.3 Å². The first-order valence-electron chi connectivity index (χ1n) is 28.7. The zero-order valence-electron chi connectivity index (χ0n) is 47.0. The summed E-state index contributed by atoms with van der Waals surface area (Å²) in [6, 6.07) is 8.95. The van der Waals surface area contributed by atoms with E-state index in [0.717, 1.165) is 86.6 Å². The molecule has 0 amide bonds. The van der Waals surface area contributed by atoms with E-state index < -0.39 is 18.4 Å². The van der Waals surface area contributed by atoms with Crippen LogP contribution in [0.3, 0.4) is 0 Å². The van der Waals surface area contributed by atoms with Crippen LogP contribution in [-0.2, 0) is 44.9 Å². The zero-order chi connectivity index (χ0) is 57.3. The molecule has 2 atom stereocenters. The molecule has 21 heteroatoms. The minimum Gasteiger partial charge on any atom is -0.430 e. The fraction of sp³-hybridized carbons (Fsp3) is 0.533. The molecule has 2 unspecified atom stereocenters. The normalized spacial score (nSPS) is 22.8. The molecule has 2 N–H and O–H groups in total. The van der Waals surface area contributed by atoms with E-state index in [2.05, 4.69) is 20.3 Å². The number of halogens is 2. The predicted molar refractivity (Wildman–Crippen MR) is 296 cm³/mol. The maximum absolute atomic E-state index is 13.7. The number of hydrogen-bond acceptors (Lipinski definition) is 15. The number of piperidine rings is 2. The third kappa shape index (κ3) is 13.7. The standard InChI is InChI=1S/C30H38FN4O6.C30H38FN4O5/c1-3-4-5-17-39-30(38)40-19-35(16-12-23-20(2)32-28-25(36)7-6-13-34(28)29(23)37)14-10-21(11-15-35)27-24-9-8-22(31)18-26(24)41-33-27;1-3-4-5-8-27(37)39-19-35(17-13-23-20(2)32-29-25(36)7-6-14-34(29)30(23)38)15-11-21(12-16-35)28-24-10-9-22(31)18-26(24)40-33-28/h4-5,8-9,18,21,25,36H,3,6-7,10-17,19H2,1-2H3;4-5,9-10,18,21,25,36H,3,6-8,11-17,19H2,1-2H3/q2*+1/b2*5-4+. The van der Waals surface area contributed by atoms with Gasteiger partial charge in [0, 0.05) is 109 Å². The lowest BCUT2D eigenvalue weighted by Crippen LogP contribution is -2.55. The number of allylic oxidation sites excluding steroid dienone is 2. The van der Waals surface area contributed by atoms with E-state index in [1.165, 1.54) is 24.3 Å². The molecule has 10 rings (SSSR count). The van der Waals surface area contributed by atoms with Crippen molar-refractivity contribution in [2.45, 2.75) is 148 Å². The van der Waals surface area contributed by atoms with Crippen molar-refractivity contribution < 1.29 is 60.8 Å². The van der Waals surface area contributed by atoms with Crippen molar-refractivity contribution >= 4 is 34.1 Å². The fourth-order valence-electron chi connectivity index (χ4n) is 12.1. The number of nitrogens with zero attached hydrogens (tertiary/aromatic N) is 8. The largest absolute Gasteiger partial charge is 0.512 e. The number of aryl methyl sites for hydroxylation is 2. The molecule has 6 aromatic rings. The SMILES string of the molecule is CC/C=C/CC(=O)OC[N+]1(CCc2c(C)nc3n(c2=O)CCCC3O)CCC(c2noc3cc(F)ccc23)CC1.CC/C=C/COC(=O)OC[N+]1(CCc2c(C)nc3n(c2=O)CCCC3O)CCC(c2noc3cc(F)ccc23)CC1. The lowest BCUT2D eigenvalue weighted by Gasteiger charge is -2.42. The summed E-state index contributed by atoms with van der Waals surface area (Å²) in [5.41, 5.74) is 4.87. The summed E-state index contributed by atoms with van der Waals surface area (Å²) in [5.74, 6) is 0.146. The molecular weight excluding hydrogens is 1050 g/mol. The number of benzene rings is 2. The molecule has 19 nitrogen and oxygen atoms in total. The first-order valence-corrected chi connectivity index (χ1v) is 28.7. The number of carbonyl (C=O) groups excluding carboxylic acids is 2. The number of quaternary nitrogens is 2. The van der Waals surface area contributed by atoms with Crippen LogP contribution >= 0.6 is 0 Å². The summed E-state index contributed by atoms with van der Waals surface area (Å²) in [6.07, 6.45) is 14.0. The van der Waals surface area contributed by atoms with Crippen LogP contribution in [0, 0.1) is 25.5 Å². The second-order valence-corrected chi connectivity index (χ2v) is 22.2. The Bertz CT molecular complexity index is 3370. The van der Waals surface area contributed by atoms with E-state index in [1.807, 2.05) is 45.9 Å². The lowest BCUT2D eigenvalue weighted by atomic mass is 9.90. The number of ether oxygens (including phenoxy) is 3. The van der Waals surface area contributed by atoms with E-state index >= 15 is 0 Å². The van der Waals surface area contributed by atoms with Crippen molar-refractivity contribution in [1.29, 1.82) is 0 Å². The van der Waals surface area contributed by atoms with Crippen LogP contribution < -0.4 is 11.1 Å². The summed E-state index contributed by atoms with van der Waals surface area (Å²) >= 11 is 0. The van der Waals surface area contributed by atoms with Gasteiger partial charge < -0.3 is 33.5 Å². The average molecular weight is 1120 g/mol. The topological polar surface area (TPSA) is 224 Å². The van der Waals surface area contributed by atoms with Crippen molar-refractivity contribution in [2.75, 3.05) is 59.3 Å². The highest BCUT2D eigenvalue weighted by Crippen LogP contribution is 2.38. The Morgan fingerprint density at radius 3 is 1.58 bits per heavy atom. The maximum atomic E-state index is 13.7. The number of likely N-dealkylation sites (tertiary alicyclic amines) is 2. The van der Waals surface area contributed by atoms with Crippen LogP contribution in [0.5, 0.6) is 0 Å². The number of carbonyl (C=O) groups is 2. The van der Waals surface area contributed by atoms with Crippen LogP contribution in [-0.4, -0.2) is 120 Å². The van der Waals surface area contributed by atoms with Gasteiger partial charge in [0.05, 0.1) is 57.1 Å². The summed E-state index contributed by atoms with van der Waals surface area (Å²) in [5, 5.41) is 30.9. The third-order valence-electron chi connectivity index (χ3n) is 16.8. The van der Waals surface area contributed by atoms with Gasteiger partial charge >= 0.3 is 12.1 Å². The highest BCUT2D eigenvalue weighted by molar-refractivity contribution is 5.80. The Labute approximate surface area is 469 Å². The molecule has 0 bridgehead atoms. The molecule has 2 saturated heterocycles. The van der Waals surface area contributed by atoms with Crippen molar-refractivity contribution in [2.24, 2.45) is 0 Å². The molecule has 4 aliphatic heterocycles. The van der Waals surface area contributed by atoms with Gasteiger partial charge in [-0.05, 0) is 76.6 Å². The molecule has 0 saturated carbocycles. The minimum atomic E-state index is -0.726. The molecule has 8 heterocycles. The minimum absolute atomic E-state index is 0.0858. The first kappa shape index (κ1) is 58.7.